The van der Waals surface area contributed by atoms with E-state index in [4.69, 9.17) is 4.74 Å². The smallest absolute Gasteiger partial charge is 0.230 e. The summed E-state index contributed by atoms with van der Waals surface area (Å²) >= 11 is 0. The Morgan fingerprint density at radius 3 is 2.38 bits per heavy atom. The van der Waals surface area contributed by atoms with E-state index in [0.717, 1.165) is 67.0 Å². The molecule has 2 saturated carbocycles. The fourth-order valence-electron chi connectivity index (χ4n) is 7.45. The number of aromatic nitrogens is 1. The van der Waals surface area contributed by atoms with Crippen LogP contribution < -0.4 is 9.80 Å². The average molecular weight is 572 g/mol. The number of allylic oxidation sites excluding steroid dienone is 3. The SMILES string of the molecule is COC1=C(C)CC(C)(C2CCC(CN(C(=O)C3CCC(O)CC3)c3cccc(-c4ccc(N(C)C)nc4)c3)CC2)C=C1. The molecule has 1 aromatic carbocycles. The lowest BCUT2D eigenvalue weighted by molar-refractivity contribution is -0.124. The topological polar surface area (TPSA) is 65.9 Å². The zero-order valence-corrected chi connectivity index (χ0v) is 26.2. The van der Waals surface area contributed by atoms with Crippen molar-refractivity contribution in [2.24, 2.45) is 23.2 Å². The number of aliphatic hydroxyl groups excluding tert-OH is 1. The van der Waals surface area contributed by atoms with Gasteiger partial charge in [0.25, 0.3) is 0 Å². The highest BCUT2D eigenvalue weighted by Gasteiger charge is 2.38. The van der Waals surface area contributed by atoms with Crippen molar-refractivity contribution in [1.82, 2.24) is 4.98 Å². The predicted molar refractivity (Wildman–Crippen MR) is 171 cm³/mol. The summed E-state index contributed by atoms with van der Waals surface area (Å²) in [6, 6.07) is 12.5. The Hall–Kier alpha value is -3.12. The maximum absolute atomic E-state index is 14.1. The Kier molecular flexibility index (Phi) is 9.41. The van der Waals surface area contributed by atoms with Crippen molar-refractivity contribution in [3.05, 3.63) is 66.1 Å². The van der Waals surface area contributed by atoms with E-state index in [-0.39, 0.29) is 23.3 Å². The van der Waals surface area contributed by atoms with E-state index in [0.29, 0.717) is 24.7 Å². The molecule has 1 atom stereocenters. The third-order valence-electron chi connectivity index (χ3n) is 10.1. The molecule has 1 amide bonds. The number of carbonyl (C=O) groups excluding carboxylic acids is 1. The standard InChI is InChI=1S/C36H49N3O3/c1-25-22-36(2,20-19-33(25)42-5)30-14-9-26(10-15-30)24-39(35(41)27-11-16-32(40)17-12-27)31-8-6-7-28(21-31)29-13-18-34(37-23-29)38(3)4/h6-8,13,18-21,23,26-27,30,32,40H,9-12,14-17,22,24H2,1-5H3. The van der Waals surface area contributed by atoms with Crippen LogP contribution in [0, 0.1) is 23.2 Å². The number of anilines is 2. The minimum Gasteiger partial charge on any atom is -0.497 e. The molecule has 0 spiro atoms. The molecule has 0 bridgehead atoms. The number of amides is 1. The average Bonchev–Trinajstić information content (AvgIpc) is 3.00. The van der Waals surface area contributed by atoms with Crippen molar-refractivity contribution in [1.29, 1.82) is 0 Å². The number of methoxy groups -OCH3 is 1. The highest BCUT2D eigenvalue weighted by atomic mass is 16.5. The zero-order valence-electron chi connectivity index (χ0n) is 26.2. The molecule has 0 radical (unpaired) electrons. The van der Waals surface area contributed by atoms with Crippen molar-refractivity contribution < 1.29 is 14.6 Å². The lowest BCUT2D eigenvalue weighted by Gasteiger charge is -2.43. The van der Waals surface area contributed by atoms with Crippen molar-refractivity contribution in [3.8, 4) is 11.1 Å². The number of hydrogen-bond donors (Lipinski definition) is 1. The van der Waals surface area contributed by atoms with Crippen LogP contribution in [-0.4, -0.2) is 49.9 Å². The van der Waals surface area contributed by atoms with Crippen LogP contribution in [0.4, 0.5) is 11.5 Å². The maximum atomic E-state index is 14.1. The Balaban J connectivity index is 1.33. The number of pyridine rings is 1. The van der Waals surface area contributed by atoms with Gasteiger partial charge in [-0.25, -0.2) is 4.98 Å². The predicted octanol–water partition coefficient (Wildman–Crippen LogP) is 7.39. The second kappa shape index (κ2) is 13.0. The number of rotatable bonds is 8. The molecule has 0 saturated heterocycles. The molecule has 2 fully saturated rings. The summed E-state index contributed by atoms with van der Waals surface area (Å²) in [6.07, 6.45) is 14.8. The molecular weight excluding hydrogens is 522 g/mol. The summed E-state index contributed by atoms with van der Waals surface area (Å²) in [5.41, 5.74) is 4.59. The Bertz CT molecular complexity index is 1280. The molecule has 226 valence electrons. The Labute approximate surface area is 252 Å². The van der Waals surface area contributed by atoms with E-state index in [1.165, 1.54) is 18.4 Å². The van der Waals surface area contributed by atoms with Gasteiger partial charge in [0.05, 0.1) is 13.2 Å². The lowest BCUT2D eigenvalue weighted by atomic mass is 9.64. The first-order valence-electron chi connectivity index (χ1n) is 15.8. The van der Waals surface area contributed by atoms with Crippen LogP contribution in [0.1, 0.15) is 71.6 Å². The molecule has 1 N–H and O–H groups in total. The Morgan fingerprint density at radius 1 is 1.02 bits per heavy atom. The third-order valence-corrected chi connectivity index (χ3v) is 10.1. The van der Waals surface area contributed by atoms with E-state index in [1.807, 2.05) is 31.3 Å². The van der Waals surface area contributed by atoms with Crippen molar-refractivity contribution in [3.63, 3.8) is 0 Å². The molecule has 2 aromatic rings. The highest BCUT2D eigenvalue weighted by molar-refractivity contribution is 5.95. The van der Waals surface area contributed by atoms with Crippen LogP contribution in [0.2, 0.25) is 0 Å². The summed E-state index contributed by atoms with van der Waals surface area (Å²) in [6.45, 7) is 5.36. The van der Waals surface area contributed by atoms with Gasteiger partial charge < -0.3 is 19.6 Å². The van der Waals surface area contributed by atoms with Crippen LogP contribution in [-0.2, 0) is 9.53 Å². The number of carbonyl (C=O) groups is 1. The highest BCUT2D eigenvalue weighted by Crippen LogP contribution is 2.47. The van der Waals surface area contributed by atoms with E-state index in [2.05, 4.69) is 66.2 Å². The van der Waals surface area contributed by atoms with Crippen molar-refractivity contribution in [2.75, 3.05) is 37.5 Å². The summed E-state index contributed by atoms with van der Waals surface area (Å²) in [7, 11) is 5.74. The van der Waals surface area contributed by atoms with Crippen LogP contribution >= 0.6 is 0 Å². The van der Waals surface area contributed by atoms with E-state index < -0.39 is 0 Å². The second-order valence-electron chi connectivity index (χ2n) is 13.4. The third kappa shape index (κ3) is 6.75. The minimum atomic E-state index is -0.271. The van der Waals surface area contributed by atoms with Crippen LogP contribution in [0.25, 0.3) is 11.1 Å². The molecule has 1 heterocycles. The first-order chi connectivity index (χ1) is 20.2. The van der Waals surface area contributed by atoms with Gasteiger partial charge in [0.15, 0.2) is 0 Å². The molecule has 0 aliphatic heterocycles. The van der Waals surface area contributed by atoms with Gasteiger partial charge >= 0.3 is 0 Å². The molecular formula is C36H49N3O3. The number of aliphatic hydroxyl groups is 1. The van der Waals surface area contributed by atoms with Crippen LogP contribution in [0.15, 0.2) is 66.1 Å². The number of benzene rings is 1. The quantitative estimate of drug-likeness (QED) is 0.358. The minimum absolute atomic E-state index is 0.0227. The van der Waals surface area contributed by atoms with Gasteiger partial charge in [-0.15, -0.1) is 0 Å². The lowest BCUT2D eigenvalue weighted by Crippen LogP contribution is -2.42. The molecule has 3 aliphatic carbocycles. The van der Waals surface area contributed by atoms with Crippen molar-refractivity contribution in [2.45, 2.75) is 77.7 Å². The van der Waals surface area contributed by atoms with Crippen LogP contribution in [0.5, 0.6) is 0 Å². The molecule has 1 aromatic heterocycles. The van der Waals surface area contributed by atoms with Crippen LogP contribution in [0.3, 0.4) is 0 Å². The van der Waals surface area contributed by atoms with Gasteiger partial charge in [0, 0.05) is 44.0 Å². The first kappa shape index (κ1) is 30.3. The van der Waals surface area contributed by atoms with Gasteiger partial charge in [-0.3, -0.25) is 4.79 Å². The summed E-state index contributed by atoms with van der Waals surface area (Å²) < 4.78 is 5.55. The zero-order chi connectivity index (χ0) is 29.9. The summed E-state index contributed by atoms with van der Waals surface area (Å²) in [5, 5.41) is 10.1. The van der Waals surface area contributed by atoms with Gasteiger partial charge in [-0.1, -0.05) is 25.1 Å². The van der Waals surface area contributed by atoms with Crippen molar-refractivity contribution >= 4 is 17.4 Å². The fraction of sp³-hybridized carbons (Fsp3) is 0.556. The van der Waals surface area contributed by atoms with E-state index in [1.54, 1.807) is 7.11 Å². The van der Waals surface area contributed by atoms with E-state index in [9.17, 15) is 9.90 Å². The summed E-state index contributed by atoms with van der Waals surface area (Å²) in [5.74, 6) is 3.25. The second-order valence-corrected chi connectivity index (χ2v) is 13.4. The monoisotopic (exact) mass is 571 g/mol. The number of ether oxygens (including phenoxy) is 1. The number of hydrogen-bond acceptors (Lipinski definition) is 5. The normalized spacial score (nSPS) is 28.0. The van der Waals surface area contributed by atoms with Gasteiger partial charge in [-0.2, -0.15) is 0 Å². The molecule has 6 heteroatoms. The molecule has 3 aliphatic rings. The number of nitrogens with zero attached hydrogens (tertiary/aromatic N) is 3. The van der Waals surface area contributed by atoms with Gasteiger partial charge in [0.2, 0.25) is 5.91 Å². The largest absolute Gasteiger partial charge is 0.497 e. The molecule has 42 heavy (non-hydrogen) atoms. The van der Waals surface area contributed by atoms with Gasteiger partial charge in [0.1, 0.15) is 11.6 Å². The molecule has 5 rings (SSSR count). The first-order valence-corrected chi connectivity index (χ1v) is 15.8. The van der Waals surface area contributed by atoms with Gasteiger partial charge in [-0.05, 0) is 123 Å². The molecule has 6 nitrogen and oxygen atoms in total. The summed E-state index contributed by atoms with van der Waals surface area (Å²) in [4.78, 5) is 22.8. The Morgan fingerprint density at radius 2 is 1.76 bits per heavy atom. The van der Waals surface area contributed by atoms with E-state index >= 15 is 0 Å². The fourth-order valence-corrected chi connectivity index (χ4v) is 7.45. The maximum Gasteiger partial charge on any atom is 0.230 e. The molecule has 1 unspecified atom stereocenters.